The molecule has 1 aromatic carbocycles. The molecule has 0 radical (unpaired) electrons. The fourth-order valence-corrected chi connectivity index (χ4v) is 2.34. The second kappa shape index (κ2) is 6.94. The molecule has 2 aromatic rings. The van der Waals surface area contributed by atoms with Crippen LogP contribution >= 0.6 is 0 Å². The second-order valence-corrected chi connectivity index (χ2v) is 5.13. The summed E-state index contributed by atoms with van der Waals surface area (Å²) in [5.74, 6) is 1.38. The monoisotopic (exact) mass is 283 g/mol. The Labute approximate surface area is 125 Å². The van der Waals surface area contributed by atoms with Gasteiger partial charge < -0.3 is 9.73 Å². The Kier molecular flexibility index (Phi) is 4.99. The first-order valence-electron chi connectivity index (χ1n) is 7.41. The molecule has 1 aromatic heterocycles. The molecule has 0 spiro atoms. The fourth-order valence-electron chi connectivity index (χ4n) is 2.34. The molecule has 4 heteroatoms. The number of hydrogen-bond donors (Lipinski definition) is 1. The molecule has 2 rings (SSSR count). The molecule has 0 aliphatic heterocycles. The van der Waals surface area contributed by atoms with Crippen molar-refractivity contribution in [3.05, 3.63) is 47.5 Å². The van der Waals surface area contributed by atoms with Gasteiger partial charge in [0.2, 0.25) is 17.5 Å². The summed E-state index contributed by atoms with van der Waals surface area (Å²) in [6.45, 7) is 6.24. The van der Waals surface area contributed by atoms with Crippen LogP contribution in [0, 0.1) is 11.3 Å². The van der Waals surface area contributed by atoms with Gasteiger partial charge in [-0.2, -0.15) is 5.26 Å². The van der Waals surface area contributed by atoms with E-state index in [-0.39, 0.29) is 12.0 Å². The first-order chi connectivity index (χ1) is 10.2. The summed E-state index contributed by atoms with van der Waals surface area (Å²) >= 11 is 0. The normalized spacial score (nSPS) is 12.1. The highest BCUT2D eigenvalue weighted by Gasteiger charge is 2.20. The molecule has 0 bridgehead atoms. The van der Waals surface area contributed by atoms with Crippen LogP contribution < -0.4 is 5.32 Å². The lowest BCUT2D eigenvalue weighted by atomic mass is 10.0. The minimum absolute atomic E-state index is 0.0563. The van der Waals surface area contributed by atoms with Gasteiger partial charge in [0, 0.05) is 5.92 Å². The number of nitriles is 1. The van der Waals surface area contributed by atoms with Crippen LogP contribution in [-0.4, -0.2) is 4.98 Å². The number of nitrogens with zero attached hydrogens (tertiary/aromatic N) is 2. The molecule has 0 saturated carbocycles. The van der Waals surface area contributed by atoms with Gasteiger partial charge in [0.05, 0.1) is 6.04 Å². The molecular formula is C17H21N3O. The van der Waals surface area contributed by atoms with Crippen molar-refractivity contribution in [1.29, 1.82) is 5.26 Å². The maximum Gasteiger partial charge on any atom is 0.232 e. The van der Waals surface area contributed by atoms with E-state index in [4.69, 9.17) is 4.42 Å². The van der Waals surface area contributed by atoms with Crippen molar-refractivity contribution in [2.24, 2.45) is 0 Å². The molecule has 21 heavy (non-hydrogen) atoms. The van der Waals surface area contributed by atoms with E-state index in [1.807, 2.05) is 37.3 Å². The SMILES string of the molecule is CCC(CC)c1nc(C#N)c(N[C@@H](C)c2ccccc2)o1. The molecule has 0 fully saturated rings. The van der Waals surface area contributed by atoms with Crippen molar-refractivity contribution in [1.82, 2.24) is 4.98 Å². The number of benzene rings is 1. The Balaban J connectivity index is 2.22. The standard InChI is InChI=1S/C17H21N3O/c1-4-13(5-2)16-20-15(11-18)17(21-16)19-12(3)14-9-7-6-8-10-14/h6-10,12-13,19H,4-5H2,1-3H3/t12-/m0/s1. The van der Waals surface area contributed by atoms with Crippen molar-refractivity contribution in [3.63, 3.8) is 0 Å². The second-order valence-electron chi connectivity index (χ2n) is 5.13. The topological polar surface area (TPSA) is 61.9 Å². The van der Waals surface area contributed by atoms with E-state index in [1.54, 1.807) is 0 Å². The van der Waals surface area contributed by atoms with E-state index in [0.29, 0.717) is 17.5 Å². The van der Waals surface area contributed by atoms with Gasteiger partial charge >= 0.3 is 0 Å². The zero-order chi connectivity index (χ0) is 15.2. The quantitative estimate of drug-likeness (QED) is 0.840. The van der Waals surface area contributed by atoms with Crippen LogP contribution in [0.15, 0.2) is 34.7 Å². The van der Waals surface area contributed by atoms with Crippen LogP contribution in [0.2, 0.25) is 0 Å². The van der Waals surface area contributed by atoms with Crippen LogP contribution in [0.25, 0.3) is 0 Å². The lowest BCUT2D eigenvalue weighted by molar-refractivity contribution is 0.437. The molecule has 0 amide bonds. The largest absolute Gasteiger partial charge is 0.424 e. The van der Waals surface area contributed by atoms with Crippen LogP contribution in [0.3, 0.4) is 0 Å². The fraction of sp³-hybridized carbons (Fsp3) is 0.412. The first kappa shape index (κ1) is 15.1. The third-order valence-corrected chi connectivity index (χ3v) is 3.73. The predicted octanol–water partition coefficient (Wildman–Crippen LogP) is 4.62. The smallest absolute Gasteiger partial charge is 0.232 e. The maximum absolute atomic E-state index is 9.23. The minimum atomic E-state index is 0.0563. The van der Waals surface area contributed by atoms with Crippen LogP contribution in [0.4, 0.5) is 5.88 Å². The summed E-state index contributed by atoms with van der Waals surface area (Å²) in [4.78, 5) is 4.33. The molecule has 1 N–H and O–H groups in total. The van der Waals surface area contributed by atoms with Crippen LogP contribution in [0.1, 0.15) is 62.7 Å². The number of hydrogen-bond acceptors (Lipinski definition) is 4. The molecule has 4 nitrogen and oxygen atoms in total. The number of nitrogens with one attached hydrogen (secondary N) is 1. The Morgan fingerprint density at radius 3 is 2.48 bits per heavy atom. The van der Waals surface area contributed by atoms with Crippen molar-refractivity contribution in [2.45, 2.75) is 45.6 Å². The summed E-state index contributed by atoms with van der Waals surface area (Å²) < 4.78 is 5.80. The van der Waals surface area contributed by atoms with Gasteiger partial charge in [0.1, 0.15) is 6.07 Å². The van der Waals surface area contributed by atoms with E-state index in [0.717, 1.165) is 18.4 Å². The number of oxazole rings is 1. The van der Waals surface area contributed by atoms with Crippen molar-refractivity contribution < 1.29 is 4.42 Å². The van der Waals surface area contributed by atoms with Crippen molar-refractivity contribution in [3.8, 4) is 6.07 Å². The maximum atomic E-state index is 9.23. The van der Waals surface area contributed by atoms with Crippen LogP contribution in [0.5, 0.6) is 0 Å². The third-order valence-electron chi connectivity index (χ3n) is 3.73. The van der Waals surface area contributed by atoms with Gasteiger partial charge in [-0.1, -0.05) is 44.2 Å². The summed E-state index contributed by atoms with van der Waals surface area (Å²) in [6.07, 6.45) is 1.91. The molecule has 0 saturated heterocycles. The summed E-state index contributed by atoms with van der Waals surface area (Å²) in [7, 11) is 0. The lowest BCUT2D eigenvalue weighted by Gasteiger charge is -2.13. The van der Waals surface area contributed by atoms with Gasteiger partial charge in [-0.05, 0) is 25.3 Å². The van der Waals surface area contributed by atoms with Gasteiger partial charge in [-0.15, -0.1) is 0 Å². The number of anilines is 1. The van der Waals surface area contributed by atoms with Gasteiger partial charge in [0.15, 0.2) is 0 Å². The molecule has 110 valence electrons. The van der Waals surface area contributed by atoms with E-state index in [9.17, 15) is 5.26 Å². The summed E-state index contributed by atoms with van der Waals surface area (Å²) in [5.41, 5.74) is 1.47. The Morgan fingerprint density at radius 1 is 1.24 bits per heavy atom. The molecule has 0 aliphatic rings. The summed E-state index contributed by atoms with van der Waals surface area (Å²) in [6, 6.07) is 12.2. The highest BCUT2D eigenvalue weighted by Crippen LogP contribution is 2.29. The van der Waals surface area contributed by atoms with E-state index < -0.39 is 0 Å². The number of aromatic nitrogens is 1. The Morgan fingerprint density at radius 2 is 1.90 bits per heavy atom. The first-order valence-corrected chi connectivity index (χ1v) is 7.41. The summed E-state index contributed by atoms with van der Waals surface area (Å²) in [5, 5.41) is 12.5. The number of rotatable bonds is 6. The predicted molar refractivity (Wildman–Crippen MR) is 83.0 cm³/mol. The van der Waals surface area contributed by atoms with Gasteiger partial charge in [0.25, 0.3) is 0 Å². The van der Waals surface area contributed by atoms with E-state index in [2.05, 4.69) is 30.2 Å². The Hall–Kier alpha value is -2.28. The average molecular weight is 283 g/mol. The van der Waals surface area contributed by atoms with Crippen molar-refractivity contribution in [2.75, 3.05) is 5.32 Å². The van der Waals surface area contributed by atoms with Crippen molar-refractivity contribution >= 4 is 5.88 Å². The highest BCUT2D eigenvalue weighted by molar-refractivity contribution is 5.47. The minimum Gasteiger partial charge on any atom is -0.424 e. The average Bonchev–Trinajstić information content (AvgIpc) is 2.92. The molecule has 1 heterocycles. The van der Waals surface area contributed by atoms with Gasteiger partial charge in [-0.25, -0.2) is 4.98 Å². The zero-order valence-corrected chi connectivity index (χ0v) is 12.8. The van der Waals surface area contributed by atoms with Crippen LogP contribution in [-0.2, 0) is 0 Å². The lowest BCUT2D eigenvalue weighted by Crippen LogP contribution is -2.06. The van der Waals surface area contributed by atoms with E-state index in [1.165, 1.54) is 0 Å². The molecule has 0 aliphatic carbocycles. The molecule has 1 atom stereocenters. The van der Waals surface area contributed by atoms with E-state index >= 15 is 0 Å². The third kappa shape index (κ3) is 3.43. The van der Waals surface area contributed by atoms with Gasteiger partial charge in [-0.3, -0.25) is 0 Å². The highest BCUT2D eigenvalue weighted by atomic mass is 16.4. The molecule has 0 unspecified atom stereocenters. The zero-order valence-electron chi connectivity index (χ0n) is 12.8. The molecular weight excluding hydrogens is 262 g/mol. The Bertz CT molecular complexity index is 609.